The Morgan fingerprint density at radius 3 is 1.85 bits per heavy atom. The van der Waals surface area contributed by atoms with Crippen molar-refractivity contribution >= 4 is 42.5 Å². The minimum Gasteiger partial charge on any atom is -0.481 e. The molecule has 0 aromatic heterocycles. The number of carboxylic acid groups (broad SMARTS) is 3. The zero-order valence-corrected chi connectivity index (χ0v) is 15.3. The van der Waals surface area contributed by atoms with E-state index in [0.717, 1.165) is 0 Å². The number of hydrogen-bond donors (Lipinski definition) is 8. The molecule has 0 fully saturated rings. The van der Waals surface area contributed by atoms with Crippen LogP contribution in [0.5, 0.6) is 0 Å². The lowest BCUT2D eigenvalue weighted by Gasteiger charge is -2.19. The monoisotopic (exact) mass is 408 g/mol. The van der Waals surface area contributed by atoms with Crippen LogP contribution in [0.15, 0.2) is 0 Å². The lowest BCUT2D eigenvalue weighted by Crippen LogP contribution is -2.52. The second-order valence-electron chi connectivity index (χ2n) is 5.53. The summed E-state index contributed by atoms with van der Waals surface area (Å²) in [5.74, 6) is -4.17. The van der Waals surface area contributed by atoms with Gasteiger partial charge in [0.15, 0.2) is 0 Å². The molecule has 13 heteroatoms. The highest BCUT2D eigenvalue weighted by atomic mass is 32.1. The van der Waals surface area contributed by atoms with E-state index in [0.29, 0.717) is 12.2 Å². The molecule has 0 rings (SSSR count). The Kier molecular flexibility index (Phi) is 11.6. The van der Waals surface area contributed by atoms with Crippen molar-refractivity contribution in [2.24, 2.45) is 5.73 Å². The molecule has 12 nitrogen and oxygen atoms in total. The largest absolute Gasteiger partial charge is 0.481 e. The van der Waals surface area contributed by atoms with Gasteiger partial charge < -0.3 is 37.0 Å². The van der Waals surface area contributed by atoms with E-state index in [2.05, 4.69) is 23.3 Å². The molecule has 0 heterocycles. The third-order valence-corrected chi connectivity index (χ3v) is 3.62. The first-order valence-electron chi connectivity index (χ1n) is 7.97. The molecule has 0 aliphatic rings. The van der Waals surface area contributed by atoms with E-state index in [1.54, 1.807) is 0 Å². The molecule has 3 atom stereocenters. The standard InChI is InChI=1S/C14H24N4O8S/c15-7(4-6-27)11(21)16-5-3-9(13(24)25)18-14(26)17-8(12(22)23)1-2-10(19)20/h7-9,27H,1-6,15H2,(H,16,21)(H,19,20)(H,22,23)(H,24,25)(H2,17,18,26)/t7-,8-,9-/m0/s1. The van der Waals surface area contributed by atoms with Gasteiger partial charge in [0.05, 0.1) is 6.04 Å². The topological polar surface area (TPSA) is 208 Å². The maximum atomic E-state index is 11.8. The van der Waals surface area contributed by atoms with Crippen LogP contribution in [-0.4, -0.2) is 75.6 Å². The predicted octanol–water partition coefficient (Wildman–Crippen LogP) is -1.79. The number of nitrogens with two attached hydrogens (primary N) is 1. The molecule has 154 valence electrons. The molecule has 0 saturated carbocycles. The Labute approximate surface area is 160 Å². The third-order valence-electron chi connectivity index (χ3n) is 3.36. The minimum atomic E-state index is -1.49. The number of carbonyl (C=O) groups is 5. The van der Waals surface area contributed by atoms with Gasteiger partial charge in [0.2, 0.25) is 5.91 Å². The number of hydrogen-bond acceptors (Lipinski definition) is 7. The van der Waals surface area contributed by atoms with Crippen molar-refractivity contribution in [2.45, 2.75) is 43.8 Å². The van der Waals surface area contributed by atoms with Gasteiger partial charge in [-0.15, -0.1) is 0 Å². The molecule has 0 bridgehead atoms. The highest BCUT2D eigenvalue weighted by Crippen LogP contribution is 1.99. The SMILES string of the molecule is N[C@@H](CCS)C(=O)NCC[C@H](NC(=O)N[C@@H](CCC(=O)O)C(=O)O)C(=O)O. The number of amides is 3. The van der Waals surface area contributed by atoms with Crippen molar-refractivity contribution < 1.29 is 39.3 Å². The van der Waals surface area contributed by atoms with Gasteiger partial charge >= 0.3 is 23.9 Å². The summed E-state index contributed by atoms with van der Waals surface area (Å²) in [6, 6.07) is -4.76. The zero-order valence-electron chi connectivity index (χ0n) is 14.4. The van der Waals surface area contributed by atoms with Gasteiger partial charge in [0, 0.05) is 13.0 Å². The normalized spacial score (nSPS) is 13.7. The van der Waals surface area contributed by atoms with Crippen LogP contribution in [0, 0.1) is 0 Å². The number of nitrogens with one attached hydrogen (secondary N) is 3. The Hall–Kier alpha value is -2.54. The first-order chi connectivity index (χ1) is 12.6. The van der Waals surface area contributed by atoms with Crippen LogP contribution in [0.4, 0.5) is 4.79 Å². The van der Waals surface area contributed by atoms with Crippen molar-refractivity contribution in [3.05, 3.63) is 0 Å². The maximum absolute atomic E-state index is 11.8. The lowest BCUT2D eigenvalue weighted by molar-refractivity contribution is -0.140. The minimum absolute atomic E-state index is 0.0856. The second kappa shape index (κ2) is 12.8. The number of carboxylic acids is 3. The van der Waals surface area contributed by atoms with Gasteiger partial charge in [0.25, 0.3) is 0 Å². The molecule has 0 aliphatic carbocycles. The summed E-state index contributed by atoms with van der Waals surface area (Å²) in [7, 11) is 0. The number of thiol groups is 1. The second-order valence-corrected chi connectivity index (χ2v) is 5.98. The van der Waals surface area contributed by atoms with E-state index < -0.39 is 54.4 Å². The Morgan fingerprint density at radius 1 is 0.889 bits per heavy atom. The molecule has 0 radical (unpaired) electrons. The van der Waals surface area contributed by atoms with Crippen LogP contribution in [0.3, 0.4) is 0 Å². The van der Waals surface area contributed by atoms with Crippen LogP contribution in [-0.2, 0) is 19.2 Å². The fourth-order valence-corrected chi connectivity index (χ4v) is 2.16. The molecule has 0 aromatic carbocycles. The highest BCUT2D eigenvalue weighted by molar-refractivity contribution is 7.80. The third kappa shape index (κ3) is 10.9. The fourth-order valence-electron chi connectivity index (χ4n) is 1.88. The number of aliphatic carboxylic acids is 3. The van der Waals surface area contributed by atoms with E-state index in [9.17, 15) is 24.0 Å². The van der Waals surface area contributed by atoms with Crippen molar-refractivity contribution in [3.8, 4) is 0 Å². The molecular formula is C14H24N4O8S. The molecule has 27 heavy (non-hydrogen) atoms. The van der Waals surface area contributed by atoms with Crippen molar-refractivity contribution in [1.29, 1.82) is 0 Å². The number of urea groups is 1. The Morgan fingerprint density at radius 2 is 1.41 bits per heavy atom. The fraction of sp³-hybridized carbons (Fsp3) is 0.643. The van der Waals surface area contributed by atoms with Gasteiger partial charge in [-0.05, 0) is 25.0 Å². The number of carbonyl (C=O) groups excluding carboxylic acids is 2. The van der Waals surface area contributed by atoms with E-state index in [1.807, 2.05) is 5.32 Å². The first kappa shape index (κ1) is 24.5. The van der Waals surface area contributed by atoms with Crippen molar-refractivity contribution in [3.63, 3.8) is 0 Å². The summed E-state index contributed by atoms with van der Waals surface area (Å²) in [5.41, 5.74) is 5.56. The number of rotatable bonds is 13. The Balaban J connectivity index is 4.56. The average molecular weight is 408 g/mol. The predicted molar refractivity (Wildman–Crippen MR) is 95.5 cm³/mol. The van der Waals surface area contributed by atoms with E-state index >= 15 is 0 Å². The van der Waals surface area contributed by atoms with Gasteiger partial charge in [0.1, 0.15) is 12.1 Å². The van der Waals surface area contributed by atoms with Crippen LogP contribution >= 0.6 is 12.6 Å². The molecule has 0 aliphatic heterocycles. The quantitative estimate of drug-likeness (QED) is 0.162. The molecule has 8 N–H and O–H groups in total. The van der Waals surface area contributed by atoms with Crippen molar-refractivity contribution in [1.82, 2.24) is 16.0 Å². The van der Waals surface area contributed by atoms with Crippen LogP contribution in [0.1, 0.15) is 25.7 Å². The molecule has 0 saturated heterocycles. The molecular weight excluding hydrogens is 384 g/mol. The van der Waals surface area contributed by atoms with Crippen LogP contribution in [0.25, 0.3) is 0 Å². The van der Waals surface area contributed by atoms with Crippen LogP contribution < -0.4 is 21.7 Å². The summed E-state index contributed by atoms with van der Waals surface area (Å²) in [5, 5.41) is 33.1. The maximum Gasteiger partial charge on any atom is 0.326 e. The summed E-state index contributed by atoms with van der Waals surface area (Å²) in [6.45, 7) is -0.0856. The van der Waals surface area contributed by atoms with E-state index in [-0.39, 0.29) is 19.4 Å². The highest BCUT2D eigenvalue weighted by Gasteiger charge is 2.25. The lowest BCUT2D eigenvalue weighted by atomic mass is 10.1. The van der Waals surface area contributed by atoms with Crippen molar-refractivity contribution in [2.75, 3.05) is 12.3 Å². The van der Waals surface area contributed by atoms with Gasteiger partial charge in [-0.25, -0.2) is 14.4 Å². The summed E-state index contributed by atoms with van der Waals surface area (Å²) < 4.78 is 0. The van der Waals surface area contributed by atoms with E-state index in [1.165, 1.54) is 0 Å². The molecule has 0 aromatic rings. The summed E-state index contributed by atoms with van der Waals surface area (Å²) >= 11 is 3.94. The molecule has 0 unspecified atom stereocenters. The first-order valence-corrected chi connectivity index (χ1v) is 8.60. The molecule has 3 amide bonds. The smallest absolute Gasteiger partial charge is 0.326 e. The zero-order chi connectivity index (χ0) is 21.0. The Bertz CT molecular complexity index is 559. The van der Waals surface area contributed by atoms with Gasteiger partial charge in [-0.2, -0.15) is 12.6 Å². The molecule has 0 spiro atoms. The van der Waals surface area contributed by atoms with Crippen LogP contribution in [0.2, 0.25) is 0 Å². The van der Waals surface area contributed by atoms with Gasteiger partial charge in [-0.1, -0.05) is 0 Å². The average Bonchev–Trinajstić information content (AvgIpc) is 2.57. The summed E-state index contributed by atoms with van der Waals surface area (Å²) in [6.07, 6.45) is -0.688. The summed E-state index contributed by atoms with van der Waals surface area (Å²) in [4.78, 5) is 56.1. The van der Waals surface area contributed by atoms with Gasteiger partial charge in [-0.3, -0.25) is 9.59 Å². The van der Waals surface area contributed by atoms with E-state index in [4.69, 9.17) is 21.1 Å².